The molecule has 2 atom stereocenters. The Hall–Kier alpha value is -0.420. The summed E-state index contributed by atoms with van der Waals surface area (Å²) < 4.78 is 5.75. The first-order valence-electron chi connectivity index (χ1n) is 7.35. The minimum atomic E-state index is 0.390. The van der Waals surface area contributed by atoms with E-state index in [0.29, 0.717) is 12.2 Å². The smallest absolute Gasteiger partial charge is 0.0678 e. The second-order valence-electron chi connectivity index (χ2n) is 5.48. The van der Waals surface area contributed by atoms with Crippen LogP contribution in [0.25, 0.3) is 0 Å². The van der Waals surface area contributed by atoms with E-state index in [1.54, 1.807) is 0 Å². The number of hydrogen-bond acceptors (Lipinski definition) is 4. The predicted molar refractivity (Wildman–Crippen MR) is 81.7 cm³/mol. The van der Waals surface area contributed by atoms with Gasteiger partial charge in [-0.25, -0.2) is 0 Å². The molecular formula is C15H26N2OS. The standard InChI is InChI=1S/C15H26N2OS/c1-13-11-17(12-14(2)18-13)8-4-3-7-16-10-15-6-5-9-19-15/h5-6,9,13-14,16H,3-4,7-8,10-12H2,1-2H3. The maximum absolute atomic E-state index is 5.75. The van der Waals surface area contributed by atoms with Gasteiger partial charge in [-0.15, -0.1) is 11.3 Å². The van der Waals surface area contributed by atoms with E-state index in [0.717, 1.165) is 26.2 Å². The van der Waals surface area contributed by atoms with Crippen molar-refractivity contribution in [2.24, 2.45) is 0 Å². The summed E-state index contributed by atoms with van der Waals surface area (Å²) in [6, 6.07) is 4.30. The van der Waals surface area contributed by atoms with E-state index >= 15 is 0 Å². The molecule has 1 aliphatic rings. The van der Waals surface area contributed by atoms with Gasteiger partial charge in [0.2, 0.25) is 0 Å². The molecule has 19 heavy (non-hydrogen) atoms. The van der Waals surface area contributed by atoms with E-state index in [1.807, 2.05) is 11.3 Å². The molecule has 2 rings (SSSR count). The molecule has 0 aliphatic carbocycles. The molecule has 0 radical (unpaired) electrons. The van der Waals surface area contributed by atoms with Gasteiger partial charge in [0.15, 0.2) is 0 Å². The number of unbranched alkanes of at least 4 members (excludes halogenated alkanes) is 1. The monoisotopic (exact) mass is 282 g/mol. The summed E-state index contributed by atoms with van der Waals surface area (Å²) in [5.41, 5.74) is 0. The fourth-order valence-electron chi connectivity index (χ4n) is 2.68. The Morgan fingerprint density at radius 1 is 1.32 bits per heavy atom. The first-order valence-corrected chi connectivity index (χ1v) is 8.23. The summed E-state index contributed by atoms with van der Waals surface area (Å²) in [7, 11) is 0. The van der Waals surface area contributed by atoms with Gasteiger partial charge in [0.1, 0.15) is 0 Å². The minimum absolute atomic E-state index is 0.390. The Morgan fingerprint density at radius 2 is 2.11 bits per heavy atom. The van der Waals surface area contributed by atoms with Crippen LogP contribution in [0.1, 0.15) is 31.6 Å². The van der Waals surface area contributed by atoms with E-state index < -0.39 is 0 Å². The average Bonchev–Trinajstić information content (AvgIpc) is 2.85. The third-order valence-corrected chi connectivity index (χ3v) is 4.33. The molecule has 2 heterocycles. The van der Waals surface area contributed by atoms with Gasteiger partial charge in [-0.05, 0) is 51.2 Å². The van der Waals surface area contributed by atoms with Crippen LogP contribution in [0, 0.1) is 0 Å². The highest BCUT2D eigenvalue weighted by Crippen LogP contribution is 2.11. The van der Waals surface area contributed by atoms with E-state index in [1.165, 1.54) is 24.3 Å². The van der Waals surface area contributed by atoms with Crippen LogP contribution in [-0.4, -0.2) is 43.3 Å². The van der Waals surface area contributed by atoms with Gasteiger partial charge >= 0.3 is 0 Å². The topological polar surface area (TPSA) is 24.5 Å². The molecule has 0 amide bonds. The number of morpholine rings is 1. The quantitative estimate of drug-likeness (QED) is 0.778. The predicted octanol–water partition coefficient (Wildman–Crippen LogP) is 2.73. The van der Waals surface area contributed by atoms with Crippen molar-refractivity contribution in [3.63, 3.8) is 0 Å². The fourth-order valence-corrected chi connectivity index (χ4v) is 3.35. The highest BCUT2D eigenvalue weighted by molar-refractivity contribution is 7.09. The van der Waals surface area contributed by atoms with Crippen molar-refractivity contribution in [1.29, 1.82) is 0 Å². The molecule has 1 saturated heterocycles. The van der Waals surface area contributed by atoms with Crippen molar-refractivity contribution >= 4 is 11.3 Å². The van der Waals surface area contributed by atoms with Gasteiger partial charge in [-0.2, -0.15) is 0 Å². The normalized spacial score (nSPS) is 24.7. The number of nitrogens with zero attached hydrogens (tertiary/aromatic N) is 1. The van der Waals surface area contributed by atoms with Gasteiger partial charge in [-0.3, -0.25) is 4.90 Å². The second kappa shape index (κ2) is 8.00. The molecule has 4 heteroatoms. The Balaban J connectivity index is 1.49. The Bertz CT molecular complexity index is 332. The van der Waals surface area contributed by atoms with Gasteiger partial charge < -0.3 is 10.1 Å². The van der Waals surface area contributed by atoms with Crippen LogP contribution in [0.5, 0.6) is 0 Å². The fraction of sp³-hybridized carbons (Fsp3) is 0.733. The Labute approximate surface area is 121 Å². The zero-order chi connectivity index (χ0) is 13.5. The van der Waals surface area contributed by atoms with E-state index in [4.69, 9.17) is 4.74 Å². The summed E-state index contributed by atoms with van der Waals surface area (Å²) in [5.74, 6) is 0. The molecule has 1 aromatic heterocycles. The molecule has 0 aromatic carbocycles. The molecule has 1 aromatic rings. The lowest BCUT2D eigenvalue weighted by atomic mass is 10.2. The highest BCUT2D eigenvalue weighted by atomic mass is 32.1. The van der Waals surface area contributed by atoms with Gasteiger partial charge in [0.25, 0.3) is 0 Å². The van der Waals surface area contributed by atoms with Crippen molar-refractivity contribution in [3.05, 3.63) is 22.4 Å². The van der Waals surface area contributed by atoms with Gasteiger partial charge in [0, 0.05) is 24.5 Å². The second-order valence-corrected chi connectivity index (χ2v) is 6.51. The SMILES string of the molecule is CC1CN(CCCCNCc2cccs2)CC(C)O1. The van der Waals surface area contributed by atoms with Crippen molar-refractivity contribution in [1.82, 2.24) is 10.2 Å². The summed E-state index contributed by atoms with van der Waals surface area (Å²) in [5, 5.41) is 5.65. The molecule has 1 N–H and O–H groups in total. The summed E-state index contributed by atoms with van der Waals surface area (Å²) >= 11 is 1.83. The van der Waals surface area contributed by atoms with Crippen LogP contribution in [0.4, 0.5) is 0 Å². The first-order chi connectivity index (χ1) is 9.24. The number of nitrogens with one attached hydrogen (secondary N) is 1. The first kappa shape index (κ1) is 15.0. The molecule has 3 nitrogen and oxygen atoms in total. The van der Waals surface area contributed by atoms with Crippen molar-refractivity contribution < 1.29 is 4.74 Å². The van der Waals surface area contributed by atoms with Crippen LogP contribution in [0.2, 0.25) is 0 Å². The largest absolute Gasteiger partial charge is 0.373 e. The van der Waals surface area contributed by atoms with E-state index in [-0.39, 0.29) is 0 Å². The van der Waals surface area contributed by atoms with Crippen LogP contribution >= 0.6 is 11.3 Å². The number of ether oxygens (including phenoxy) is 1. The zero-order valence-electron chi connectivity index (χ0n) is 12.1. The minimum Gasteiger partial charge on any atom is -0.373 e. The lowest BCUT2D eigenvalue weighted by Crippen LogP contribution is -2.45. The van der Waals surface area contributed by atoms with Crippen molar-refractivity contribution in [2.45, 2.75) is 45.4 Å². The molecule has 108 valence electrons. The molecule has 0 saturated carbocycles. The van der Waals surface area contributed by atoms with Crippen molar-refractivity contribution in [3.8, 4) is 0 Å². The van der Waals surface area contributed by atoms with E-state index in [9.17, 15) is 0 Å². The van der Waals surface area contributed by atoms with E-state index in [2.05, 4.69) is 41.6 Å². The third-order valence-electron chi connectivity index (χ3n) is 3.45. The van der Waals surface area contributed by atoms with Crippen LogP contribution in [-0.2, 0) is 11.3 Å². The highest BCUT2D eigenvalue weighted by Gasteiger charge is 2.21. The molecular weight excluding hydrogens is 256 g/mol. The lowest BCUT2D eigenvalue weighted by Gasteiger charge is -2.35. The van der Waals surface area contributed by atoms with Crippen LogP contribution in [0.3, 0.4) is 0 Å². The average molecular weight is 282 g/mol. The lowest BCUT2D eigenvalue weighted by molar-refractivity contribution is -0.0681. The maximum Gasteiger partial charge on any atom is 0.0678 e. The third kappa shape index (κ3) is 5.61. The van der Waals surface area contributed by atoms with Crippen molar-refractivity contribution in [2.75, 3.05) is 26.2 Å². The molecule has 1 aliphatic heterocycles. The Morgan fingerprint density at radius 3 is 2.79 bits per heavy atom. The maximum atomic E-state index is 5.75. The molecule has 2 unspecified atom stereocenters. The zero-order valence-corrected chi connectivity index (χ0v) is 12.9. The number of hydrogen-bond donors (Lipinski definition) is 1. The van der Waals surface area contributed by atoms with Gasteiger partial charge in [-0.1, -0.05) is 6.07 Å². The summed E-state index contributed by atoms with van der Waals surface area (Å²) in [4.78, 5) is 3.97. The van der Waals surface area contributed by atoms with Crippen LogP contribution in [0.15, 0.2) is 17.5 Å². The summed E-state index contributed by atoms with van der Waals surface area (Å²) in [6.07, 6.45) is 3.31. The number of thiophene rings is 1. The Kier molecular flexibility index (Phi) is 6.31. The number of rotatable bonds is 7. The van der Waals surface area contributed by atoms with Gasteiger partial charge in [0.05, 0.1) is 12.2 Å². The molecule has 0 bridgehead atoms. The molecule has 1 fully saturated rings. The van der Waals surface area contributed by atoms with Crippen LogP contribution < -0.4 is 5.32 Å². The molecule has 0 spiro atoms. The summed E-state index contributed by atoms with van der Waals surface area (Å²) in [6.45, 7) is 9.87.